The number of aliphatic hydroxyl groups is 1. The van der Waals surface area contributed by atoms with E-state index >= 15 is 0 Å². The van der Waals surface area contributed by atoms with Crippen molar-refractivity contribution in [2.24, 2.45) is 0 Å². The second kappa shape index (κ2) is 5.37. The molecule has 0 saturated heterocycles. The van der Waals surface area contributed by atoms with Crippen molar-refractivity contribution in [1.82, 2.24) is 0 Å². The molecule has 1 fully saturated rings. The molecular formula is C18H19FO. The molecule has 0 aliphatic heterocycles. The zero-order chi connectivity index (χ0) is 14.0. The van der Waals surface area contributed by atoms with Gasteiger partial charge in [-0.15, -0.1) is 0 Å². The molecule has 1 aliphatic carbocycles. The fourth-order valence-electron chi connectivity index (χ4n) is 3.42. The predicted octanol–water partition coefficient (Wildman–Crippen LogP) is 4.37. The summed E-state index contributed by atoms with van der Waals surface area (Å²) >= 11 is 0. The first-order valence-corrected chi connectivity index (χ1v) is 7.24. The first-order chi connectivity index (χ1) is 9.72. The van der Waals surface area contributed by atoms with Crippen LogP contribution in [0.25, 0.3) is 0 Å². The van der Waals surface area contributed by atoms with Crippen LogP contribution in [0.1, 0.15) is 42.7 Å². The van der Waals surface area contributed by atoms with Crippen LogP contribution in [0.5, 0.6) is 0 Å². The highest BCUT2D eigenvalue weighted by atomic mass is 19.1. The molecule has 0 heterocycles. The van der Waals surface area contributed by atoms with Gasteiger partial charge in [-0.05, 0) is 24.5 Å². The van der Waals surface area contributed by atoms with E-state index in [2.05, 4.69) is 0 Å². The highest BCUT2D eigenvalue weighted by Crippen LogP contribution is 2.47. The summed E-state index contributed by atoms with van der Waals surface area (Å²) in [4.78, 5) is 0. The molecule has 0 aromatic heterocycles. The maximum absolute atomic E-state index is 14.1. The summed E-state index contributed by atoms with van der Waals surface area (Å²) in [6.45, 7) is 0. The fourth-order valence-corrected chi connectivity index (χ4v) is 3.42. The average Bonchev–Trinajstić information content (AvgIpc) is 2.49. The molecule has 0 amide bonds. The van der Waals surface area contributed by atoms with Crippen molar-refractivity contribution < 1.29 is 9.50 Å². The van der Waals surface area contributed by atoms with Gasteiger partial charge in [0.05, 0.1) is 5.60 Å². The van der Waals surface area contributed by atoms with Gasteiger partial charge in [-0.25, -0.2) is 4.39 Å². The standard InChI is InChI=1S/C18H19FO/c19-17-12-5-4-11-16(17)18(20)13-7-6-10-15(18)14-8-2-1-3-9-14/h1-5,8-9,11-12,15,20H,6-7,10,13H2. The zero-order valence-corrected chi connectivity index (χ0v) is 11.4. The number of rotatable bonds is 2. The summed E-state index contributed by atoms with van der Waals surface area (Å²) in [6.07, 6.45) is 3.53. The third-order valence-corrected chi connectivity index (χ3v) is 4.42. The maximum Gasteiger partial charge on any atom is 0.129 e. The summed E-state index contributed by atoms with van der Waals surface area (Å²) < 4.78 is 14.1. The summed E-state index contributed by atoms with van der Waals surface area (Å²) in [7, 11) is 0. The molecule has 0 bridgehead atoms. The van der Waals surface area contributed by atoms with E-state index in [-0.39, 0.29) is 11.7 Å². The van der Waals surface area contributed by atoms with Gasteiger partial charge < -0.3 is 5.11 Å². The molecule has 2 unspecified atom stereocenters. The first kappa shape index (κ1) is 13.3. The molecule has 3 rings (SSSR count). The van der Waals surface area contributed by atoms with Gasteiger partial charge >= 0.3 is 0 Å². The molecule has 2 atom stereocenters. The Kier molecular flexibility index (Phi) is 3.58. The highest BCUT2D eigenvalue weighted by Gasteiger charge is 2.42. The summed E-state index contributed by atoms with van der Waals surface area (Å²) in [6, 6.07) is 16.6. The van der Waals surface area contributed by atoms with Gasteiger partial charge in [0.2, 0.25) is 0 Å². The summed E-state index contributed by atoms with van der Waals surface area (Å²) in [5.41, 5.74) is 0.441. The second-order valence-corrected chi connectivity index (χ2v) is 5.61. The van der Waals surface area contributed by atoms with Crippen LogP contribution in [0.2, 0.25) is 0 Å². The Morgan fingerprint density at radius 2 is 1.65 bits per heavy atom. The Bertz CT molecular complexity index is 581. The number of halogens is 1. The van der Waals surface area contributed by atoms with Gasteiger partial charge in [-0.2, -0.15) is 0 Å². The molecule has 2 aromatic rings. The number of hydrogen-bond acceptors (Lipinski definition) is 1. The Morgan fingerprint density at radius 3 is 2.40 bits per heavy atom. The monoisotopic (exact) mass is 270 g/mol. The Hall–Kier alpha value is -1.67. The van der Waals surface area contributed by atoms with Crippen molar-refractivity contribution in [2.75, 3.05) is 0 Å². The van der Waals surface area contributed by atoms with E-state index in [0.717, 1.165) is 24.8 Å². The Labute approximate surface area is 119 Å². The van der Waals surface area contributed by atoms with E-state index in [1.165, 1.54) is 6.07 Å². The van der Waals surface area contributed by atoms with Gasteiger partial charge in [-0.1, -0.05) is 61.4 Å². The lowest BCUT2D eigenvalue weighted by Gasteiger charge is -2.41. The maximum atomic E-state index is 14.1. The largest absolute Gasteiger partial charge is 0.384 e. The van der Waals surface area contributed by atoms with E-state index in [0.29, 0.717) is 12.0 Å². The van der Waals surface area contributed by atoms with Crippen molar-refractivity contribution >= 4 is 0 Å². The van der Waals surface area contributed by atoms with Crippen LogP contribution in [0.15, 0.2) is 54.6 Å². The number of hydrogen-bond donors (Lipinski definition) is 1. The highest BCUT2D eigenvalue weighted by molar-refractivity contribution is 5.33. The minimum absolute atomic E-state index is 0.0330. The van der Waals surface area contributed by atoms with Crippen LogP contribution in [0, 0.1) is 5.82 Å². The van der Waals surface area contributed by atoms with Gasteiger partial charge in [0.1, 0.15) is 5.82 Å². The third-order valence-electron chi connectivity index (χ3n) is 4.42. The predicted molar refractivity (Wildman–Crippen MR) is 77.9 cm³/mol. The summed E-state index contributed by atoms with van der Waals surface area (Å²) in [5.74, 6) is -0.341. The fraction of sp³-hybridized carbons (Fsp3) is 0.333. The first-order valence-electron chi connectivity index (χ1n) is 7.24. The molecule has 2 aromatic carbocycles. The Morgan fingerprint density at radius 1 is 0.950 bits per heavy atom. The Balaban J connectivity index is 2.06. The molecule has 0 spiro atoms. The van der Waals surface area contributed by atoms with Crippen molar-refractivity contribution in [3.05, 3.63) is 71.5 Å². The van der Waals surface area contributed by atoms with E-state index < -0.39 is 5.60 Å². The molecule has 1 N–H and O–H groups in total. The minimum atomic E-state index is -1.09. The smallest absolute Gasteiger partial charge is 0.129 e. The van der Waals surface area contributed by atoms with Crippen LogP contribution in [0.4, 0.5) is 4.39 Å². The molecule has 1 aliphatic rings. The van der Waals surface area contributed by atoms with Crippen molar-refractivity contribution in [3.63, 3.8) is 0 Å². The van der Waals surface area contributed by atoms with Gasteiger partial charge in [0.15, 0.2) is 0 Å². The van der Waals surface area contributed by atoms with E-state index in [4.69, 9.17) is 0 Å². The topological polar surface area (TPSA) is 20.2 Å². The molecule has 20 heavy (non-hydrogen) atoms. The number of benzene rings is 2. The van der Waals surface area contributed by atoms with Crippen molar-refractivity contribution in [2.45, 2.75) is 37.2 Å². The third kappa shape index (κ3) is 2.25. The van der Waals surface area contributed by atoms with E-state index in [1.807, 2.05) is 30.3 Å². The molecule has 2 heteroatoms. The van der Waals surface area contributed by atoms with E-state index in [9.17, 15) is 9.50 Å². The molecular weight excluding hydrogens is 251 g/mol. The average molecular weight is 270 g/mol. The van der Waals surface area contributed by atoms with Crippen LogP contribution in [-0.4, -0.2) is 5.11 Å². The second-order valence-electron chi connectivity index (χ2n) is 5.61. The molecule has 1 saturated carbocycles. The van der Waals surface area contributed by atoms with Crippen molar-refractivity contribution in [1.29, 1.82) is 0 Å². The van der Waals surface area contributed by atoms with Crippen LogP contribution in [0.3, 0.4) is 0 Å². The lowest BCUT2D eigenvalue weighted by Crippen LogP contribution is -2.37. The van der Waals surface area contributed by atoms with Gasteiger partial charge in [-0.3, -0.25) is 0 Å². The SMILES string of the molecule is OC1(c2ccccc2F)CCCCC1c1ccccc1. The van der Waals surface area contributed by atoms with Gasteiger partial charge in [0, 0.05) is 11.5 Å². The molecule has 0 radical (unpaired) electrons. The van der Waals surface area contributed by atoms with Crippen LogP contribution < -0.4 is 0 Å². The zero-order valence-electron chi connectivity index (χ0n) is 11.4. The van der Waals surface area contributed by atoms with Gasteiger partial charge in [0.25, 0.3) is 0 Å². The van der Waals surface area contributed by atoms with Crippen LogP contribution >= 0.6 is 0 Å². The normalized spacial score (nSPS) is 26.4. The van der Waals surface area contributed by atoms with Crippen molar-refractivity contribution in [3.8, 4) is 0 Å². The molecule has 104 valence electrons. The lowest BCUT2D eigenvalue weighted by atomic mass is 9.68. The summed E-state index contributed by atoms with van der Waals surface area (Å²) in [5, 5.41) is 11.2. The quantitative estimate of drug-likeness (QED) is 0.859. The lowest BCUT2D eigenvalue weighted by molar-refractivity contribution is -0.0253. The van der Waals surface area contributed by atoms with Crippen LogP contribution in [-0.2, 0) is 5.60 Å². The minimum Gasteiger partial charge on any atom is -0.384 e. The van der Waals surface area contributed by atoms with E-state index in [1.54, 1.807) is 18.2 Å². The molecule has 1 nitrogen and oxygen atoms in total.